The Balaban J connectivity index is 1.35. The maximum absolute atomic E-state index is 10.7. The lowest BCUT2D eigenvalue weighted by Crippen LogP contribution is -2.09. The average Bonchev–Trinajstić information content (AvgIpc) is 3.02. The first-order valence-corrected chi connectivity index (χ1v) is 14.7. The van der Waals surface area contributed by atoms with Crippen molar-refractivity contribution in [2.24, 2.45) is 0 Å². The molecule has 2 N–H and O–H groups in total. The molecule has 0 saturated heterocycles. The van der Waals surface area contributed by atoms with Crippen molar-refractivity contribution >= 4 is 0 Å². The molecule has 0 radical (unpaired) electrons. The van der Waals surface area contributed by atoms with E-state index in [9.17, 15) is 10.2 Å². The molecule has 0 spiro atoms. The molecule has 4 aromatic carbocycles. The predicted molar refractivity (Wildman–Crippen MR) is 164 cm³/mol. The Morgan fingerprint density at radius 3 is 1.19 bits per heavy atom. The van der Waals surface area contributed by atoms with Gasteiger partial charge in [0, 0.05) is 0 Å². The van der Waals surface area contributed by atoms with Crippen LogP contribution in [0.4, 0.5) is 0 Å². The van der Waals surface area contributed by atoms with Crippen LogP contribution in [0.25, 0.3) is 0 Å². The number of benzene rings is 4. The van der Waals surface area contributed by atoms with Gasteiger partial charge in [-0.2, -0.15) is 0 Å². The van der Waals surface area contributed by atoms with Crippen molar-refractivity contribution in [1.29, 1.82) is 0 Å². The van der Waals surface area contributed by atoms with Crippen LogP contribution in [-0.4, -0.2) is 36.6 Å². The molecule has 2 atom stereocenters. The van der Waals surface area contributed by atoms with Gasteiger partial charge >= 0.3 is 0 Å². The summed E-state index contributed by atoms with van der Waals surface area (Å²) in [7, 11) is 3.27. The molecule has 8 bridgehead atoms. The van der Waals surface area contributed by atoms with E-state index in [1.54, 1.807) is 14.2 Å². The van der Waals surface area contributed by atoms with Gasteiger partial charge < -0.3 is 29.2 Å². The molecule has 0 amide bonds. The first kappa shape index (κ1) is 29.5. The van der Waals surface area contributed by atoms with Gasteiger partial charge in [-0.3, -0.25) is 0 Å². The standard InChI is InChI=1S/C36H40O6/c1-39-33-21-11-27-5-15-29(37)13-4-26-9-19-32(20-10-26)42-36-24-28(12-22-34(36)40-2)6-16-30(38)14-3-25-7-17-31(18-8-25)41-35(33)23-27/h7-12,17-24,29-30,37-38H,3-6,13-16H2,1-2H3. The predicted octanol–water partition coefficient (Wildman–Crippen LogP) is 7.45. The Bertz CT molecular complexity index is 1320. The number of hydrogen-bond acceptors (Lipinski definition) is 6. The first-order chi connectivity index (χ1) is 20.5. The van der Waals surface area contributed by atoms with Crippen LogP contribution in [0.15, 0.2) is 84.9 Å². The highest BCUT2D eigenvalue weighted by molar-refractivity contribution is 5.47. The lowest BCUT2D eigenvalue weighted by molar-refractivity contribution is 0.155. The van der Waals surface area contributed by atoms with Crippen LogP contribution in [0.2, 0.25) is 0 Å². The van der Waals surface area contributed by atoms with Gasteiger partial charge in [-0.1, -0.05) is 36.4 Å². The molecule has 0 aliphatic carbocycles. The summed E-state index contributed by atoms with van der Waals surface area (Å²) in [6, 6.07) is 27.8. The summed E-state index contributed by atoms with van der Waals surface area (Å²) >= 11 is 0. The summed E-state index contributed by atoms with van der Waals surface area (Å²) in [5.41, 5.74) is 4.45. The molecule has 0 fully saturated rings. The quantitative estimate of drug-likeness (QED) is 0.262. The molecule has 0 aromatic heterocycles. The minimum atomic E-state index is -0.413. The Morgan fingerprint density at radius 1 is 0.500 bits per heavy atom. The maximum atomic E-state index is 10.7. The topological polar surface area (TPSA) is 77.4 Å². The second-order valence-corrected chi connectivity index (χ2v) is 10.9. The zero-order chi connectivity index (χ0) is 29.3. The number of ether oxygens (including phenoxy) is 4. The number of hydrogen-bond donors (Lipinski definition) is 2. The van der Waals surface area contributed by atoms with Crippen molar-refractivity contribution in [2.45, 2.75) is 63.6 Å². The molecular formula is C36H40O6. The van der Waals surface area contributed by atoms with Crippen molar-refractivity contribution < 1.29 is 29.2 Å². The second-order valence-electron chi connectivity index (χ2n) is 10.9. The highest BCUT2D eigenvalue weighted by atomic mass is 16.5. The van der Waals surface area contributed by atoms with Crippen LogP contribution in [0.3, 0.4) is 0 Å². The van der Waals surface area contributed by atoms with E-state index in [0.29, 0.717) is 48.7 Å². The third kappa shape index (κ3) is 8.05. The van der Waals surface area contributed by atoms with E-state index in [1.807, 2.05) is 84.9 Å². The smallest absolute Gasteiger partial charge is 0.169 e. The van der Waals surface area contributed by atoms with Crippen LogP contribution in [-0.2, 0) is 25.7 Å². The van der Waals surface area contributed by atoms with Crippen LogP contribution in [0, 0.1) is 0 Å². The Hall–Kier alpha value is -4.00. The van der Waals surface area contributed by atoms with E-state index < -0.39 is 12.2 Å². The van der Waals surface area contributed by atoms with Crippen LogP contribution in [0.1, 0.15) is 47.9 Å². The molecule has 2 unspecified atom stereocenters. The SMILES string of the molecule is COc1ccc2cc1Oc1ccc(cc1)CCC(O)CCc1ccc(OC)c(c1)Oc1ccc(cc1)CCC(O)CC2. The zero-order valence-corrected chi connectivity index (χ0v) is 24.4. The van der Waals surface area contributed by atoms with E-state index in [1.165, 1.54) is 0 Å². The third-order valence-electron chi connectivity index (χ3n) is 7.82. The fourth-order valence-electron chi connectivity index (χ4n) is 5.24. The Kier molecular flexibility index (Phi) is 10.0. The van der Waals surface area contributed by atoms with Crippen molar-refractivity contribution in [3.63, 3.8) is 0 Å². The minimum Gasteiger partial charge on any atom is -0.493 e. The maximum Gasteiger partial charge on any atom is 0.169 e. The molecular weight excluding hydrogens is 528 g/mol. The molecule has 4 aliphatic rings. The molecule has 0 saturated carbocycles. The molecule has 6 heteroatoms. The summed E-state index contributed by atoms with van der Waals surface area (Å²) in [6.07, 6.45) is 4.85. The van der Waals surface area contributed by atoms with Gasteiger partial charge in [0.25, 0.3) is 0 Å². The fourth-order valence-corrected chi connectivity index (χ4v) is 5.24. The van der Waals surface area contributed by atoms with E-state index in [0.717, 1.165) is 59.4 Å². The van der Waals surface area contributed by atoms with E-state index in [-0.39, 0.29) is 0 Å². The average molecular weight is 569 g/mol. The van der Waals surface area contributed by atoms with E-state index in [4.69, 9.17) is 18.9 Å². The molecule has 220 valence electrons. The van der Waals surface area contributed by atoms with E-state index in [2.05, 4.69) is 0 Å². The summed E-state index contributed by atoms with van der Waals surface area (Å²) in [4.78, 5) is 0. The highest BCUT2D eigenvalue weighted by Crippen LogP contribution is 2.35. The van der Waals surface area contributed by atoms with Gasteiger partial charge in [-0.15, -0.1) is 0 Å². The van der Waals surface area contributed by atoms with E-state index >= 15 is 0 Å². The monoisotopic (exact) mass is 568 g/mol. The van der Waals surface area contributed by atoms with Crippen LogP contribution >= 0.6 is 0 Å². The molecule has 4 aliphatic heterocycles. The summed E-state index contributed by atoms with van der Waals surface area (Å²) in [6.45, 7) is 0. The minimum absolute atomic E-state index is 0.413. The van der Waals surface area contributed by atoms with Gasteiger partial charge in [-0.25, -0.2) is 0 Å². The molecule has 6 nitrogen and oxygen atoms in total. The molecule has 42 heavy (non-hydrogen) atoms. The second kappa shape index (κ2) is 14.3. The van der Waals surface area contributed by atoms with Gasteiger partial charge in [0.15, 0.2) is 23.0 Å². The van der Waals surface area contributed by atoms with Crippen molar-refractivity contribution in [3.8, 4) is 34.5 Å². The number of methoxy groups -OCH3 is 2. The van der Waals surface area contributed by atoms with Crippen LogP contribution in [0.5, 0.6) is 34.5 Å². The number of aliphatic hydroxyl groups excluding tert-OH is 2. The fraction of sp³-hybridized carbons (Fsp3) is 0.333. The summed E-state index contributed by atoms with van der Waals surface area (Å²) in [5.74, 6) is 4.07. The molecule has 4 aromatic rings. The normalized spacial score (nSPS) is 18.1. The lowest BCUT2D eigenvalue weighted by atomic mass is 10.0. The van der Waals surface area contributed by atoms with Gasteiger partial charge in [0.1, 0.15) is 11.5 Å². The molecule has 8 rings (SSSR count). The zero-order valence-electron chi connectivity index (χ0n) is 24.4. The number of rotatable bonds is 2. The van der Waals surface area contributed by atoms with Gasteiger partial charge in [-0.05, 0) is 122 Å². The Labute approximate surface area is 248 Å². The number of aliphatic hydroxyl groups is 2. The lowest BCUT2D eigenvalue weighted by Gasteiger charge is -2.15. The Morgan fingerprint density at radius 2 is 0.833 bits per heavy atom. The molecule has 4 heterocycles. The third-order valence-corrected chi connectivity index (χ3v) is 7.82. The summed E-state index contributed by atoms with van der Waals surface area (Å²) in [5, 5.41) is 21.4. The van der Waals surface area contributed by atoms with Crippen molar-refractivity contribution in [3.05, 3.63) is 107 Å². The number of aryl methyl sites for hydroxylation is 4. The van der Waals surface area contributed by atoms with Crippen molar-refractivity contribution in [1.82, 2.24) is 0 Å². The largest absolute Gasteiger partial charge is 0.493 e. The van der Waals surface area contributed by atoms with Gasteiger partial charge in [0.2, 0.25) is 0 Å². The van der Waals surface area contributed by atoms with Crippen molar-refractivity contribution in [2.75, 3.05) is 14.2 Å². The summed E-state index contributed by atoms with van der Waals surface area (Å²) < 4.78 is 23.5. The highest BCUT2D eigenvalue weighted by Gasteiger charge is 2.13. The first-order valence-electron chi connectivity index (χ1n) is 14.7. The van der Waals surface area contributed by atoms with Gasteiger partial charge in [0.05, 0.1) is 26.4 Å². The van der Waals surface area contributed by atoms with Crippen LogP contribution < -0.4 is 18.9 Å².